The normalized spacial score (nSPS) is 12.5. The van der Waals surface area contributed by atoms with E-state index in [2.05, 4.69) is 29.4 Å². The lowest BCUT2D eigenvalue weighted by Crippen LogP contribution is -2.06. The maximum absolute atomic E-state index is 12.8. The zero-order chi connectivity index (χ0) is 17.9. The molecule has 5 nitrogen and oxygen atoms in total. The number of pyridine rings is 1. The molecule has 0 aromatic carbocycles. The summed E-state index contributed by atoms with van der Waals surface area (Å²) in [7, 11) is 2.34. The van der Waals surface area contributed by atoms with Crippen molar-refractivity contribution in [2.45, 2.75) is 18.1 Å². The van der Waals surface area contributed by atoms with E-state index < -0.39 is 11.7 Å². The molecular weight excluding hydrogens is 382 g/mol. The fourth-order valence-electron chi connectivity index (χ4n) is 1.68. The Labute approximate surface area is 147 Å². The van der Waals surface area contributed by atoms with E-state index in [-0.39, 0.29) is 16.7 Å². The molecule has 2 aromatic rings. The smallest absolute Gasteiger partial charge is 0.382 e. The molecule has 0 amide bonds. The fourth-order valence-corrected chi connectivity index (χ4v) is 2.98. The molecule has 0 spiro atoms. The van der Waals surface area contributed by atoms with Crippen molar-refractivity contribution in [1.82, 2.24) is 15.2 Å². The third-order valence-corrected chi connectivity index (χ3v) is 4.24. The summed E-state index contributed by atoms with van der Waals surface area (Å²) in [5.74, 6) is 0.620. The number of nitrogen functional groups attached to an aromatic ring is 1. The number of anilines is 1. The minimum absolute atomic E-state index is 0.0878. The predicted molar refractivity (Wildman–Crippen MR) is 93.0 cm³/mol. The van der Waals surface area contributed by atoms with Crippen LogP contribution in [0.2, 0.25) is 5.15 Å². The highest BCUT2D eigenvalue weighted by Gasteiger charge is 2.31. The van der Waals surface area contributed by atoms with Gasteiger partial charge in [-0.3, -0.25) is 0 Å². The Morgan fingerprint density at radius 1 is 1.38 bits per heavy atom. The van der Waals surface area contributed by atoms with Crippen LogP contribution in [0.5, 0.6) is 0 Å². The van der Waals surface area contributed by atoms with Gasteiger partial charge in [-0.15, -0.1) is 22.0 Å². The zero-order valence-corrected chi connectivity index (χ0v) is 15.0. The van der Waals surface area contributed by atoms with Gasteiger partial charge in [0.25, 0.3) is 0 Å². The molecule has 2 N–H and O–H groups in total. The largest absolute Gasteiger partial charge is 0.417 e. The Kier molecular flexibility index (Phi) is 6.01. The molecule has 0 saturated heterocycles. The Hall–Kier alpha value is -1.44. The van der Waals surface area contributed by atoms with E-state index in [4.69, 9.17) is 17.3 Å². The number of thioether (sulfide) groups is 1. The molecule has 128 valence electrons. The van der Waals surface area contributed by atoms with E-state index in [9.17, 15) is 13.2 Å². The van der Waals surface area contributed by atoms with Crippen LogP contribution in [0.4, 0.5) is 24.7 Å². The number of aromatic nitrogens is 3. The van der Waals surface area contributed by atoms with Crippen molar-refractivity contribution in [2.75, 3.05) is 11.5 Å². The molecule has 24 heavy (non-hydrogen) atoms. The zero-order valence-electron chi connectivity index (χ0n) is 12.3. The molecule has 0 bridgehead atoms. The molecule has 0 aliphatic heterocycles. The standard InChI is InChI=1S/C13H12ClF3N5PS/c1-2-24-12-7(4-9(14)21-22-12)11(23)20-8-3-6(13(15,16)17)5-19-10(8)18/h3-5H,2,23H2,1H3,(H2,18,19). The average Bonchev–Trinajstić information content (AvgIpc) is 2.50. The molecule has 2 heterocycles. The minimum Gasteiger partial charge on any atom is -0.382 e. The van der Waals surface area contributed by atoms with Crippen molar-refractivity contribution in [2.24, 2.45) is 4.99 Å². The van der Waals surface area contributed by atoms with Crippen LogP contribution in [0.3, 0.4) is 0 Å². The summed E-state index contributed by atoms with van der Waals surface area (Å²) in [6.07, 6.45) is -3.86. The molecule has 11 heteroatoms. The van der Waals surface area contributed by atoms with Gasteiger partial charge in [-0.2, -0.15) is 13.2 Å². The first-order valence-corrected chi connectivity index (χ1v) is 8.49. The van der Waals surface area contributed by atoms with E-state index in [1.54, 1.807) is 0 Å². The van der Waals surface area contributed by atoms with Crippen molar-refractivity contribution in [1.29, 1.82) is 0 Å². The van der Waals surface area contributed by atoms with Crippen molar-refractivity contribution >= 4 is 49.6 Å². The second-order valence-corrected chi connectivity index (χ2v) is 6.63. The number of halogens is 4. The van der Waals surface area contributed by atoms with Crippen LogP contribution in [0.1, 0.15) is 18.1 Å². The maximum Gasteiger partial charge on any atom is 0.417 e. The van der Waals surface area contributed by atoms with Crippen molar-refractivity contribution < 1.29 is 13.2 Å². The van der Waals surface area contributed by atoms with E-state index in [0.717, 1.165) is 11.8 Å². The number of rotatable bonds is 4. The molecule has 2 aromatic heterocycles. The summed E-state index contributed by atoms with van der Waals surface area (Å²) in [6.45, 7) is 1.93. The third-order valence-electron chi connectivity index (χ3n) is 2.75. The summed E-state index contributed by atoms with van der Waals surface area (Å²) in [5.41, 5.74) is 5.49. The molecular formula is C13H12ClF3N5PS. The van der Waals surface area contributed by atoms with Crippen LogP contribution >= 0.6 is 32.6 Å². The second kappa shape index (κ2) is 7.63. The first kappa shape index (κ1) is 18.9. The highest BCUT2D eigenvalue weighted by Crippen LogP contribution is 2.34. The molecule has 1 atom stereocenters. The van der Waals surface area contributed by atoms with Gasteiger partial charge in [0.05, 0.1) is 11.0 Å². The average molecular weight is 394 g/mol. The fraction of sp³-hybridized carbons (Fsp3) is 0.231. The highest BCUT2D eigenvalue weighted by atomic mass is 35.5. The van der Waals surface area contributed by atoms with Crippen molar-refractivity contribution in [3.8, 4) is 0 Å². The first-order valence-electron chi connectivity index (χ1n) is 6.55. The van der Waals surface area contributed by atoms with Crippen molar-refractivity contribution in [3.63, 3.8) is 0 Å². The Morgan fingerprint density at radius 3 is 2.71 bits per heavy atom. The number of alkyl halides is 3. The highest BCUT2D eigenvalue weighted by molar-refractivity contribution is 7.99. The molecule has 0 radical (unpaired) electrons. The molecule has 1 unspecified atom stereocenters. The van der Waals surface area contributed by atoms with Crippen LogP contribution in [0.15, 0.2) is 28.3 Å². The lowest BCUT2D eigenvalue weighted by Gasteiger charge is -2.10. The number of nitrogens with zero attached hydrogens (tertiary/aromatic N) is 4. The van der Waals surface area contributed by atoms with Gasteiger partial charge >= 0.3 is 6.18 Å². The maximum atomic E-state index is 12.8. The van der Waals surface area contributed by atoms with E-state index >= 15 is 0 Å². The Morgan fingerprint density at radius 2 is 2.08 bits per heavy atom. The number of aliphatic imine (C=N–C) groups is 1. The van der Waals surface area contributed by atoms with E-state index in [0.29, 0.717) is 22.2 Å². The van der Waals surface area contributed by atoms with Gasteiger partial charge in [-0.05, 0) is 17.9 Å². The predicted octanol–water partition coefficient (Wildman–Crippen LogP) is 4.19. The monoisotopic (exact) mass is 393 g/mol. The third kappa shape index (κ3) is 4.55. The van der Waals surface area contributed by atoms with Gasteiger partial charge in [-0.25, -0.2) is 9.98 Å². The quantitative estimate of drug-likeness (QED) is 0.479. The lowest BCUT2D eigenvalue weighted by atomic mass is 10.2. The lowest BCUT2D eigenvalue weighted by molar-refractivity contribution is -0.137. The topological polar surface area (TPSA) is 77.0 Å². The summed E-state index contributed by atoms with van der Waals surface area (Å²) in [6, 6.07) is 2.38. The Bertz CT molecular complexity index is 785. The molecule has 0 aliphatic carbocycles. The van der Waals surface area contributed by atoms with E-state index in [1.165, 1.54) is 17.8 Å². The van der Waals surface area contributed by atoms with Gasteiger partial charge in [0, 0.05) is 11.8 Å². The minimum atomic E-state index is -4.53. The summed E-state index contributed by atoms with van der Waals surface area (Å²) < 4.78 is 38.4. The molecule has 0 aliphatic rings. The van der Waals surface area contributed by atoms with Gasteiger partial charge in [-0.1, -0.05) is 27.8 Å². The van der Waals surface area contributed by atoms with Crippen LogP contribution in [-0.4, -0.2) is 26.4 Å². The summed E-state index contributed by atoms with van der Waals surface area (Å²) in [5, 5.41) is 8.44. The van der Waals surface area contributed by atoms with Gasteiger partial charge in [0.2, 0.25) is 0 Å². The van der Waals surface area contributed by atoms with E-state index in [1.807, 2.05) is 6.92 Å². The molecule has 2 rings (SSSR count). The molecule has 0 fully saturated rings. The number of hydrogen-bond acceptors (Lipinski definition) is 6. The van der Waals surface area contributed by atoms with Gasteiger partial charge < -0.3 is 5.73 Å². The van der Waals surface area contributed by atoms with Gasteiger partial charge in [0.1, 0.15) is 16.5 Å². The van der Waals surface area contributed by atoms with Gasteiger partial charge in [0.15, 0.2) is 5.15 Å². The first-order chi connectivity index (χ1) is 11.2. The van der Waals surface area contributed by atoms with Crippen LogP contribution in [0.25, 0.3) is 0 Å². The molecule has 0 saturated carbocycles. The Balaban J connectivity index is 2.50. The SMILES string of the molecule is CCSc1nnc(Cl)cc1C(P)=Nc1cc(C(F)(F)F)cnc1N. The van der Waals surface area contributed by atoms with Crippen LogP contribution in [0, 0.1) is 0 Å². The van der Waals surface area contributed by atoms with Crippen LogP contribution in [-0.2, 0) is 6.18 Å². The summed E-state index contributed by atoms with van der Waals surface area (Å²) in [4.78, 5) is 7.69. The van der Waals surface area contributed by atoms with Crippen molar-refractivity contribution in [3.05, 3.63) is 34.6 Å². The number of hydrogen-bond donors (Lipinski definition) is 1. The van der Waals surface area contributed by atoms with Crippen LogP contribution < -0.4 is 5.73 Å². The number of nitrogens with two attached hydrogens (primary N) is 1. The summed E-state index contributed by atoms with van der Waals surface area (Å²) >= 11 is 7.26. The second-order valence-electron chi connectivity index (χ2n) is 4.44.